The monoisotopic (exact) mass is 207 g/mol. The summed E-state index contributed by atoms with van der Waals surface area (Å²) in [6, 6.07) is 0.545. The molecule has 0 amide bonds. The van der Waals surface area contributed by atoms with Crippen molar-refractivity contribution in [3.63, 3.8) is 0 Å². The van der Waals surface area contributed by atoms with E-state index in [1.165, 1.54) is 25.7 Å². The van der Waals surface area contributed by atoms with E-state index in [1.54, 1.807) is 0 Å². The maximum Gasteiger partial charge on any atom is 0.0243 e. The third-order valence-corrected chi connectivity index (χ3v) is 4.04. The van der Waals surface area contributed by atoms with Crippen LogP contribution in [0.1, 0.15) is 46.0 Å². The Morgan fingerprint density at radius 3 is 2.13 bits per heavy atom. The molecule has 15 heavy (non-hydrogen) atoms. The minimum absolute atomic E-state index is 0.545. The Balaban J connectivity index is 2.39. The lowest BCUT2D eigenvalue weighted by molar-refractivity contribution is 0.193. The molecule has 1 nitrogen and oxygen atoms in total. The zero-order valence-electron chi connectivity index (χ0n) is 10.4. The van der Waals surface area contributed by atoms with Gasteiger partial charge in [0.1, 0.15) is 0 Å². The van der Waals surface area contributed by atoms with Crippen LogP contribution in [0.15, 0.2) is 0 Å². The van der Waals surface area contributed by atoms with Crippen molar-refractivity contribution in [3.8, 4) is 12.3 Å². The zero-order valence-corrected chi connectivity index (χ0v) is 10.4. The first-order valence-electron chi connectivity index (χ1n) is 6.29. The molecule has 1 aliphatic rings. The van der Waals surface area contributed by atoms with Gasteiger partial charge < -0.3 is 5.32 Å². The van der Waals surface area contributed by atoms with Gasteiger partial charge in [-0.3, -0.25) is 0 Å². The molecule has 1 fully saturated rings. The van der Waals surface area contributed by atoms with E-state index in [0.717, 1.165) is 24.2 Å². The second kappa shape index (κ2) is 6.18. The Labute approximate surface area is 95.0 Å². The van der Waals surface area contributed by atoms with Gasteiger partial charge in [-0.25, -0.2) is 0 Å². The van der Waals surface area contributed by atoms with Crippen molar-refractivity contribution in [2.24, 2.45) is 17.8 Å². The van der Waals surface area contributed by atoms with Gasteiger partial charge in [-0.2, -0.15) is 0 Å². The predicted octanol–water partition coefficient (Wildman–Crippen LogP) is 3.06. The first kappa shape index (κ1) is 12.6. The fraction of sp³-hybridized carbons (Fsp3) is 0.857. The van der Waals surface area contributed by atoms with E-state index in [9.17, 15) is 0 Å². The normalized spacial score (nSPS) is 28.7. The molecule has 1 heteroatoms. The number of terminal acetylenes is 1. The van der Waals surface area contributed by atoms with Gasteiger partial charge in [-0.15, -0.1) is 12.3 Å². The topological polar surface area (TPSA) is 12.0 Å². The summed E-state index contributed by atoms with van der Waals surface area (Å²) in [5.41, 5.74) is 0. The Bertz CT molecular complexity index is 206. The molecular formula is C14H25N. The Morgan fingerprint density at radius 1 is 1.20 bits per heavy atom. The van der Waals surface area contributed by atoms with E-state index in [-0.39, 0.29) is 0 Å². The highest BCUT2D eigenvalue weighted by Gasteiger charge is 2.27. The van der Waals surface area contributed by atoms with Gasteiger partial charge in [0, 0.05) is 12.5 Å². The standard InChI is InChI=1S/C14H25N/c1-5-6-14(15-4)13-9-7-12(8-10-13)11(2)3/h1,11-15H,6-10H2,2-4H3. The van der Waals surface area contributed by atoms with Gasteiger partial charge in [-0.05, 0) is 50.5 Å². The molecule has 0 aromatic rings. The number of rotatable bonds is 4. The van der Waals surface area contributed by atoms with Crippen LogP contribution in [0, 0.1) is 30.1 Å². The lowest BCUT2D eigenvalue weighted by atomic mass is 9.74. The third-order valence-electron chi connectivity index (χ3n) is 4.04. The average Bonchev–Trinajstić information content (AvgIpc) is 2.26. The molecule has 1 N–H and O–H groups in total. The van der Waals surface area contributed by atoms with Crippen molar-refractivity contribution in [2.45, 2.75) is 52.0 Å². The van der Waals surface area contributed by atoms with E-state index in [0.29, 0.717) is 6.04 Å². The van der Waals surface area contributed by atoms with Crippen LogP contribution in [0.2, 0.25) is 0 Å². The van der Waals surface area contributed by atoms with Gasteiger partial charge in [0.05, 0.1) is 0 Å². The second-order valence-electron chi connectivity index (χ2n) is 5.22. The minimum Gasteiger partial charge on any atom is -0.316 e. The molecular weight excluding hydrogens is 182 g/mol. The number of hydrogen-bond donors (Lipinski definition) is 1. The van der Waals surface area contributed by atoms with Crippen molar-refractivity contribution < 1.29 is 0 Å². The molecule has 0 spiro atoms. The molecule has 0 aromatic carbocycles. The highest BCUT2D eigenvalue weighted by atomic mass is 14.9. The summed E-state index contributed by atoms with van der Waals surface area (Å²) in [7, 11) is 2.04. The van der Waals surface area contributed by atoms with E-state index in [1.807, 2.05) is 7.05 Å². The van der Waals surface area contributed by atoms with Crippen molar-refractivity contribution in [2.75, 3.05) is 7.05 Å². The second-order valence-corrected chi connectivity index (χ2v) is 5.22. The molecule has 1 unspecified atom stereocenters. The van der Waals surface area contributed by atoms with Crippen LogP contribution >= 0.6 is 0 Å². The fourth-order valence-corrected chi connectivity index (χ4v) is 2.85. The van der Waals surface area contributed by atoms with Crippen LogP contribution in [0.3, 0.4) is 0 Å². The average molecular weight is 207 g/mol. The van der Waals surface area contributed by atoms with Crippen LogP contribution in [0.25, 0.3) is 0 Å². The Hall–Kier alpha value is -0.480. The molecule has 1 aliphatic carbocycles. The van der Waals surface area contributed by atoms with Crippen LogP contribution in [0.5, 0.6) is 0 Å². The Morgan fingerprint density at radius 2 is 1.73 bits per heavy atom. The maximum atomic E-state index is 5.40. The molecule has 0 heterocycles. The van der Waals surface area contributed by atoms with Gasteiger partial charge in [0.2, 0.25) is 0 Å². The summed E-state index contributed by atoms with van der Waals surface area (Å²) in [6.45, 7) is 4.70. The first-order chi connectivity index (χ1) is 7.19. The fourth-order valence-electron chi connectivity index (χ4n) is 2.85. The van der Waals surface area contributed by atoms with Gasteiger partial charge in [0.25, 0.3) is 0 Å². The zero-order chi connectivity index (χ0) is 11.3. The molecule has 1 rings (SSSR count). The van der Waals surface area contributed by atoms with Crippen molar-refractivity contribution in [1.82, 2.24) is 5.32 Å². The largest absolute Gasteiger partial charge is 0.316 e. The summed E-state index contributed by atoms with van der Waals surface area (Å²) in [5.74, 6) is 5.40. The van der Waals surface area contributed by atoms with Crippen LogP contribution in [-0.4, -0.2) is 13.1 Å². The summed E-state index contributed by atoms with van der Waals surface area (Å²) in [6.07, 6.45) is 11.8. The van der Waals surface area contributed by atoms with E-state index < -0.39 is 0 Å². The Kier molecular flexibility index (Phi) is 5.19. The summed E-state index contributed by atoms with van der Waals surface area (Å²) < 4.78 is 0. The van der Waals surface area contributed by atoms with Gasteiger partial charge in [-0.1, -0.05) is 13.8 Å². The van der Waals surface area contributed by atoms with Gasteiger partial charge in [0.15, 0.2) is 0 Å². The van der Waals surface area contributed by atoms with Crippen LogP contribution < -0.4 is 5.32 Å². The summed E-state index contributed by atoms with van der Waals surface area (Å²) in [5, 5.41) is 3.37. The van der Waals surface area contributed by atoms with Crippen LogP contribution in [0.4, 0.5) is 0 Å². The SMILES string of the molecule is C#CCC(NC)C1CCC(C(C)C)CC1. The molecule has 1 atom stereocenters. The molecule has 86 valence electrons. The summed E-state index contributed by atoms with van der Waals surface area (Å²) in [4.78, 5) is 0. The number of nitrogens with one attached hydrogen (secondary N) is 1. The maximum absolute atomic E-state index is 5.40. The summed E-state index contributed by atoms with van der Waals surface area (Å²) >= 11 is 0. The molecule has 0 aliphatic heterocycles. The van der Waals surface area contributed by atoms with E-state index in [2.05, 4.69) is 25.1 Å². The molecule has 0 radical (unpaired) electrons. The molecule has 0 bridgehead atoms. The third kappa shape index (κ3) is 3.54. The molecule has 1 saturated carbocycles. The smallest absolute Gasteiger partial charge is 0.0243 e. The van der Waals surface area contributed by atoms with Crippen molar-refractivity contribution in [1.29, 1.82) is 0 Å². The number of hydrogen-bond acceptors (Lipinski definition) is 1. The molecule has 0 saturated heterocycles. The predicted molar refractivity (Wildman–Crippen MR) is 66.6 cm³/mol. The lowest BCUT2D eigenvalue weighted by Gasteiger charge is -2.34. The van der Waals surface area contributed by atoms with Crippen molar-refractivity contribution >= 4 is 0 Å². The lowest BCUT2D eigenvalue weighted by Crippen LogP contribution is -2.36. The van der Waals surface area contributed by atoms with Crippen LogP contribution in [-0.2, 0) is 0 Å². The van der Waals surface area contributed by atoms with Crippen molar-refractivity contribution in [3.05, 3.63) is 0 Å². The first-order valence-corrected chi connectivity index (χ1v) is 6.29. The minimum atomic E-state index is 0.545. The van der Waals surface area contributed by atoms with E-state index >= 15 is 0 Å². The quantitative estimate of drug-likeness (QED) is 0.699. The van der Waals surface area contributed by atoms with Gasteiger partial charge >= 0.3 is 0 Å². The highest BCUT2D eigenvalue weighted by Crippen LogP contribution is 2.35. The van der Waals surface area contributed by atoms with E-state index in [4.69, 9.17) is 6.42 Å². The highest BCUT2D eigenvalue weighted by molar-refractivity contribution is 4.93. The molecule has 0 aromatic heterocycles.